The maximum absolute atomic E-state index is 12.9. The number of carbonyl (C=O) groups excluding carboxylic acids is 1. The highest BCUT2D eigenvalue weighted by Gasteiger charge is 2.33. The highest BCUT2D eigenvalue weighted by Crippen LogP contribution is 2.40. The highest BCUT2D eigenvalue weighted by molar-refractivity contribution is 7.99. The summed E-state index contributed by atoms with van der Waals surface area (Å²) in [6.45, 7) is 6.18. The number of nitrogens with zero attached hydrogens (tertiary/aromatic N) is 1. The van der Waals surface area contributed by atoms with E-state index in [-0.39, 0.29) is 16.8 Å². The van der Waals surface area contributed by atoms with Gasteiger partial charge in [-0.15, -0.1) is 0 Å². The molecule has 0 heterocycles. The first-order valence-corrected chi connectivity index (χ1v) is 10.7. The molecule has 0 bridgehead atoms. The van der Waals surface area contributed by atoms with Gasteiger partial charge in [-0.3, -0.25) is 14.9 Å². The number of rotatable bonds is 9. The molecule has 31 heavy (non-hydrogen) atoms. The Morgan fingerprint density at radius 2 is 1.77 bits per heavy atom. The molecule has 0 aliphatic rings. The lowest BCUT2D eigenvalue weighted by Gasteiger charge is -2.16. The van der Waals surface area contributed by atoms with Crippen LogP contribution >= 0.6 is 11.8 Å². The normalized spacial score (nSPS) is 12.6. The molecule has 2 aromatic carbocycles. The molecule has 2 rings (SSSR count). The standard InChI is InChI=1S/C22H25F3N2O3S/c1-14(2)7-6-8-15(3)26-21(28)17-9-4-5-10-19(17)31-20-12-11-16(22(23,24)25)13-18(20)27(29)30/h4-5,9-15H,6-8H2,1-3H3,(H,26,28). The molecule has 5 nitrogen and oxygen atoms in total. The topological polar surface area (TPSA) is 72.2 Å². The monoisotopic (exact) mass is 454 g/mol. The quantitative estimate of drug-likeness (QED) is 0.338. The van der Waals surface area contributed by atoms with Crippen molar-refractivity contribution in [2.45, 2.75) is 62.0 Å². The van der Waals surface area contributed by atoms with Crippen LogP contribution in [0.1, 0.15) is 56.0 Å². The van der Waals surface area contributed by atoms with E-state index >= 15 is 0 Å². The van der Waals surface area contributed by atoms with E-state index in [1.807, 2.05) is 6.92 Å². The summed E-state index contributed by atoms with van der Waals surface area (Å²) in [5.74, 6) is 0.259. The minimum atomic E-state index is -4.68. The molecule has 9 heteroatoms. The molecule has 0 saturated heterocycles. The first-order valence-electron chi connectivity index (χ1n) is 9.92. The number of halogens is 3. The van der Waals surface area contributed by atoms with E-state index in [9.17, 15) is 28.1 Å². The van der Waals surface area contributed by atoms with Gasteiger partial charge in [0, 0.05) is 17.0 Å². The summed E-state index contributed by atoms with van der Waals surface area (Å²) in [5.41, 5.74) is -1.43. The Kier molecular flexibility index (Phi) is 8.50. The van der Waals surface area contributed by atoms with Crippen LogP contribution < -0.4 is 5.32 Å². The van der Waals surface area contributed by atoms with Gasteiger partial charge in [-0.1, -0.05) is 50.6 Å². The number of amides is 1. The van der Waals surface area contributed by atoms with E-state index in [0.717, 1.165) is 43.2 Å². The average molecular weight is 455 g/mol. The maximum atomic E-state index is 12.9. The van der Waals surface area contributed by atoms with E-state index in [1.165, 1.54) is 0 Å². The summed E-state index contributed by atoms with van der Waals surface area (Å²) in [6.07, 6.45) is -1.82. The summed E-state index contributed by atoms with van der Waals surface area (Å²) in [5, 5.41) is 14.3. The number of nitro benzene ring substituents is 1. The molecule has 0 fully saturated rings. The molecule has 0 radical (unpaired) electrons. The van der Waals surface area contributed by atoms with Gasteiger partial charge >= 0.3 is 6.18 Å². The van der Waals surface area contributed by atoms with Crippen molar-refractivity contribution in [1.29, 1.82) is 0 Å². The number of nitro groups is 1. The van der Waals surface area contributed by atoms with Crippen molar-refractivity contribution < 1.29 is 22.9 Å². The van der Waals surface area contributed by atoms with Crippen molar-refractivity contribution in [3.8, 4) is 0 Å². The van der Waals surface area contributed by atoms with Crippen LogP contribution in [0, 0.1) is 16.0 Å². The van der Waals surface area contributed by atoms with Crippen molar-refractivity contribution in [2.75, 3.05) is 0 Å². The highest BCUT2D eigenvalue weighted by atomic mass is 32.2. The zero-order valence-electron chi connectivity index (χ0n) is 17.5. The molecule has 0 aromatic heterocycles. The fraction of sp³-hybridized carbons (Fsp3) is 0.409. The lowest BCUT2D eigenvalue weighted by molar-refractivity contribution is -0.388. The van der Waals surface area contributed by atoms with Crippen LogP contribution in [0.2, 0.25) is 0 Å². The number of hydrogen-bond donors (Lipinski definition) is 1. The summed E-state index contributed by atoms with van der Waals surface area (Å²) in [6, 6.07) is 8.87. The van der Waals surface area contributed by atoms with Gasteiger partial charge in [0.05, 0.1) is 20.9 Å². The molecule has 0 aliphatic carbocycles. The Hall–Kier alpha value is -2.55. The van der Waals surface area contributed by atoms with Gasteiger partial charge in [0.15, 0.2) is 0 Å². The van der Waals surface area contributed by atoms with Crippen LogP contribution in [-0.4, -0.2) is 16.9 Å². The molecule has 1 N–H and O–H groups in total. The zero-order chi connectivity index (χ0) is 23.2. The SMILES string of the molecule is CC(C)CCCC(C)NC(=O)c1ccccc1Sc1ccc(C(F)(F)F)cc1[N+](=O)[O-]. The third kappa shape index (κ3) is 7.27. The number of hydrogen-bond acceptors (Lipinski definition) is 4. The van der Waals surface area contributed by atoms with Crippen molar-refractivity contribution in [3.05, 3.63) is 63.7 Å². The van der Waals surface area contributed by atoms with E-state index in [1.54, 1.807) is 24.3 Å². The van der Waals surface area contributed by atoms with Gasteiger partial charge < -0.3 is 5.32 Å². The summed E-state index contributed by atoms with van der Waals surface area (Å²) < 4.78 is 38.8. The van der Waals surface area contributed by atoms with Crippen LogP contribution in [-0.2, 0) is 6.18 Å². The van der Waals surface area contributed by atoms with Crippen LogP contribution in [0.3, 0.4) is 0 Å². The second kappa shape index (κ2) is 10.7. The minimum Gasteiger partial charge on any atom is -0.350 e. The Labute approximate surface area is 183 Å². The molecule has 168 valence electrons. The first-order chi connectivity index (χ1) is 14.5. The Bertz CT molecular complexity index is 932. The van der Waals surface area contributed by atoms with E-state index in [4.69, 9.17) is 0 Å². The van der Waals surface area contributed by atoms with Crippen LogP contribution in [0.15, 0.2) is 52.3 Å². The molecule has 0 saturated carbocycles. The molecular weight excluding hydrogens is 429 g/mol. The second-order valence-corrected chi connectivity index (χ2v) is 8.82. The van der Waals surface area contributed by atoms with Crippen molar-refractivity contribution in [1.82, 2.24) is 5.32 Å². The third-order valence-corrected chi connectivity index (χ3v) is 5.77. The smallest absolute Gasteiger partial charge is 0.350 e. The van der Waals surface area contributed by atoms with Gasteiger partial charge in [-0.25, -0.2) is 0 Å². The van der Waals surface area contributed by atoms with Crippen LogP contribution in [0.4, 0.5) is 18.9 Å². The van der Waals surface area contributed by atoms with Crippen molar-refractivity contribution in [3.63, 3.8) is 0 Å². The first kappa shape index (κ1) is 24.7. The van der Waals surface area contributed by atoms with Gasteiger partial charge in [-0.2, -0.15) is 13.2 Å². The fourth-order valence-corrected chi connectivity index (χ4v) is 4.02. The average Bonchev–Trinajstić information content (AvgIpc) is 2.67. The zero-order valence-corrected chi connectivity index (χ0v) is 18.3. The van der Waals surface area contributed by atoms with Crippen LogP contribution in [0.5, 0.6) is 0 Å². The molecular formula is C22H25F3N2O3S. The Morgan fingerprint density at radius 1 is 1.10 bits per heavy atom. The third-order valence-electron chi connectivity index (χ3n) is 4.63. The predicted octanol–water partition coefficient (Wildman–Crippen LogP) is 6.71. The predicted molar refractivity (Wildman–Crippen MR) is 114 cm³/mol. The lowest BCUT2D eigenvalue weighted by atomic mass is 10.0. The lowest BCUT2D eigenvalue weighted by Crippen LogP contribution is -2.32. The number of alkyl halides is 3. The van der Waals surface area contributed by atoms with Gasteiger partial charge in [0.1, 0.15) is 0 Å². The largest absolute Gasteiger partial charge is 0.416 e. The van der Waals surface area contributed by atoms with E-state index in [2.05, 4.69) is 19.2 Å². The van der Waals surface area contributed by atoms with E-state index in [0.29, 0.717) is 22.4 Å². The van der Waals surface area contributed by atoms with Crippen molar-refractivity contribution in [2.24, 2.45) is 5.92 Å². The number of nitrogens with one attached hydrogen (secondary N) is 1. The molecule has 0 aliphatic heterocycles. The summed E-state index contributed by atoms with van der Waals surface area (Å²) in [4.78, 5) is 23.7. The molecule has 1 amide bonds. The minimum absolute atomic E-state index is 0.0308. The van der Waals surface area contributed by atoms with Gasteiger partial charge in [-0.05, 0) is 43.5 Å². The Balaban J connectivity index is 2.22. The number of carbonyl (C=O) groups is 1. The maximum Gasteiger partial charge on any atom is 0.416 e. The second-order valence-electron chi connectivity index (χ2n) is 7.73. The summed E-state index contributed by atoms with van der Waals surface area (Å²) >= 11 is 0.896. The number of benzene rings is 2. The van der Waals surface area contributed by atoms with Gasteiger partial charge in [0.2, 0.25) is 0 Å². The summed E-state index contributed by atoms with van der Waals surface area (Å²) in [7, 11) is 0. The molecule has 1 atom stereocenters. The van der Waals surface area contributed by atoms with Crippen LogP contribution in [0.25, 0.3) is 0 Å². The van der Waals surface area contributed by atoms with Gasteiger partial charge in [0.25, 0.3) is 11.6 Å². The van der Waals surface area contributed by atoms with Crippen molar-refractivity contribution >= 4 is 23.4 Å². The molecule has 2 aromatic rings. The fourth-order valence-electron chi connectivity index (χ4n) is 2.99. The molecule has 0 spiro atoms. The molecule has 1 unspecified atom stereocenters. The Morgan fingerprint density at radius 3 is 2.39 bits per heavy atom. The van der Waals surface area contributed by atoms with E-state index < -0.39 is 22.4 Å².